The lowest BCUT2D eigenvalue weighted by Crippen LogP contribution is -2.44. The molecule has 5 nitrogen and oxygen atoms in total. The molecular formula is C17H21N3O2. The molecule has 22 heavy (non-hydrogen) atoms. The number of carbonyl (C=O) groups is 2. The lowest BCUT2D eigenvalue weighted by Gasteiger charge is -2.26. The van der Waals surface area contributed by atoms with Crippen LogP contribution in [-0.4, -0.2) is 29.9 Å². The van der Waals surface area contributed by atoms with Crippen LogP contribution in [0.3, 0.4) is 0 Å². The molecule has 0 saturated heterocycles. The lowest BCUT2D eigenvalue weighted by molar-refractivity contribution is -0.125. The highest BCUT2D eigenvalue weighted by atomic mass is 16.2. The summed E-state index contributed by atoms with van der Waals surface area (Å²) in [5.74, 6) is 0.0317. The third-order valence-electron chi connectivity index (χ3n) is 4.30. The molecule has 2 heterocycles. The van der Waals surface area contributed by atoms with E-state index >= 15 is 0 Å². The summed E-state index contributed by atoms with van der Waals surface area (Å²) >= 11 is 0. The maximum Gasteiger partial charge on any atom is 0.319 e. The van der Waals surface area contributed by atoms with E-state index in [4.69, 9.17) is 0 Å². The van der Waals surface area contributed by atoms with Gasteiger partial charge >= 0.3 is 6.03 Å². The van der Waals surface area contributed by atoms with Gasteiger partial charge in [0.2, 0.25) is 0 Å². The molecule has 0 spiro atoms. The van der Waals surface area contributed by atoms with Gasteiger partial charge in [0.1, 0.15) is 0 Å². The summed E-state index contributed by atoms with van der Waals surface area (Å²) < 4.78 is 0. The third-order valence-corrected chi connectivity index (χ3v) is 4.30. The topological polar surface area (TPSA) is 61.4 Å². The standard InChI is InChI=1S/C17H21N3O2/c1-3-4-9-20-10-13-14(16(20)21)15(19-17(22)18-13)12-8-6-5-7-11(12)2/h5-8,15H,3-4,9-10H2,1-2H3,(H2,18,19,22)/t15-/m1/s1. The molecule has 2 N–H and O–H groups in total. The maximum atomic E-state index is 12.7. The minimum absolute atomic E-state index is 0.0317. The van der Waals surface area contributed by atoms with Crippen LogP contribution in [-0.2, 0) is 4.79 Å². The van der Waals surface area contributed by atoms with Crippen LogP contribution >= 0.6 is 0 Å². The Hall–Kier alpha value is -2.30. The second-order valence-electron chi connectivity index (χ2n) is 5.86. The first-order valence-corrected chi connectivity index (χ1v) is 7.77. The summed E-state index contributed by atoms with van der Waals surface area (Å²) in [4.78, 5) is 26.5. The van der Waals surface area contributed by atoms with Gasteiger partial charge in [0.15, 0.2) is 0 Å². The fourth-order valence-electron chi connectivity index (χ4n) is 3.10. The van der Waals surface area contributed by atoms with Gasteiger partial charge in [-0.2, -0.15) is 0 Å². The molecule has 3 amide bonds. The number of nitrogens with zero attached hydrogens (tertiary/aromatic N) is 1. The minimum Gasteiger partial charge on any atom is -0.333 e. The first-order valence-electron chi connectivity index (χ1n) is 7.77. The smallest absolute Gasteiger partial charge is 0.319 e. The predicted molar refractivity (Wildman–Crippen MR) is 84.1 cm³/mol. The number of hydrogen-bond donors (Lipinski definition) is 2. The van der Waals surface area contributed by atoms with Gasteiger partial charge in [0, 0.05) is 6.54 Å². The van der Waals surface area contributed by atoms with E-state index in [9.17, 15) is 9.59 Å². The SMILES string of the molecule is CCCCN1CC2=C(C1=O)[C@@H](c1ccccc1C)NC(=O)N2. The summed E-state index contributed by atoms with van der Waals surface area (Å²) in [5.41, 5.74) is 3.49. The predicted octanol–water partition coefficient (Wildman–Crippen LogP) is 2.25. The van der Waals surface area contributed by atoms with E-state index in [1.165, 1.54) is 0 Å². The minimum atomic E-state index is -0.357. The zero-order chi connectivity index (χ0) is 15.7. The van der Waals surface area contributed by atoms with Crippen molar-refractivity contribution in [1.82, 2.24) is 15.5 Å². The first-order chi connectivity index (χ1) is 10.6. The monoisotopic (exact) mass is 299 g/mol. The van der Waals surface area contributed by atoms with Crippen molar-refractivity contribution < 1.29 is 9.59 Å². The molecule has 116 valence electrons. The summed E-state index contributed by atoms with van der Waals surface area (Å²) in [6.07, 6.45) is 2.02. The summed E-state index contributed by atoms with van der Waals surface area (Å²) in [6, 6.07) is 7.27. The molecule has 0 bridgehead atoms. The van der Waals surface area contributed by atoms with Crippen LogP contribution in [0.15, 0.2) is 35.5 Å². The van der Waals surface area contributed by atoms with Crippen molar-refractivity contribution in [3.8, 4) is 0 Å². The highest BCUT2D eigenvalue weighted by molar-refractivity contribution is 6.01. The fourth-order valence-corrected chi connectivity index (χ4v) is 3.10. The normalized spacial score (nSPS) is 20.8. The zero-order valence-corrected chi connectivity index (χ0v) is 13.0. The van der Waals surface area contributed by atoms with Crippen LogP contribution in [0.4, 0.5) is 4.79 Å². The number of benzene rings is 1. The van der Waals surface area contributed by atoms with Crippen molar-refractivity contribution in [2.75, 3.05) is 13.1 Å². The highest BCUT2D eigenvalue weighted by Crippen LogP contribution is 2.33. The van der Waals surface area contributed by atoms with Gasteiger partial charge in [-0.15, -0.1) is 0 Å². The molecule has 0 unspecified atom stereocenters. The van der Waals surface area contributed by atoms with Gasteiger partial charge in [0.25, 0.3) is 5.91 Å². The zero-order valence-electron chi connectivity index (χ0n) is 13.0. The number of carbonyl (C=O) groups excluding carboxylic acids is 2. The van der Waals surface area contributed by atoms with E-state index in [2.05, 4.69) is 17.6 Å². The first kappa shape index (κ1) is 14.6. The van der Waals surface area contributed by atoms with Gasteiger partial charge in [-0.3, -0.25) is 4.79 Å². The molecule has 0 aromatic heterocycles. The van der Waals surface area contributed by atoms with Crippen LogP contribution in [0.25, 0.3) is 0 Å². The molecule has 2 aliphatic heterocycles. The Morgan fingerprint density at radius 1 is 1.27 bits per heavy atom. The van der Waals surface area contributed by atoms with E-state index in [0.29, 0.717) is 12.1 Å². The van der Waals surface area contributed by atoms with Crippen LogP contribution in [0, 0.1) is 6.92 Å². The number of unbranched alkanes of at least 4 members (excludes halogenated alkanes) is 1. The fraction of sp³-hybridized carbons (Fsp3) is 0.412. The Kier molecular flexibility index (Phi) is 3.88. The van der Waals surface area contributed by atoms with E-state index in [1.807, 2.05) is 36.1 Å². The van der Waals surface area contributed by atoms with Gasteiger partial charge in [-0.1, -0.05) is 37.6 Å². The average molecular weight is 299 g/mol. The van der Waals surface area contributed by atoms with Crippen molar-refractivity contribution in [2.24, 2.45) is 0 Å². The summed E-state index contributed by atoms with van der Waals surface area (Å²) in [6.45, 7) is 5.34. The van der Waals surface area contributed by atoms with Crippen molar-refractivity contribution in [3.63, 3.8) is 0 Å². The third kappa shape index (κ3) is 2.47. The molecule has 0 aliphatic carbocycles. The summed E-state index contributed by atoms with van der Waals surface area (Å²) in [5, 5.41) is 5.70. The van der Waals surface area contributed by atoms with Crippen molar-refractivity contribution >= 4 is 11.9 Å². The second kappa shape index (κ2) is 5.83. The van der Waals surface area contributed by atoms with Crippen molar-refractivity contribution in [3.05, 3.63) is 46.7 Å². The number of rotatable bonds is 4. The molecule has 0 saturated carbocycles. The summed E-state index contributed by atoms with van der Waals surface area (Å²) in [7, 11) is 0. The van der Waals surface area contributed by atoms with E-state index in [0.717, 1.165) is 36.2 Å². The largest absolute Gasteiger partial charge is 0.333 e. The van der Waals surface area contributed by atoms with E-state index in [-0.39, 0.29) is 18.0 Å². The highest BCUT2D eigenvalue weighted by Gasteiger charge is 2.40. The molecule has 2 aliphatic rings. The molecule has 1 aromatic carbocycles. The van der Waals surface area contributed by atoms with Crippen LogP contribution < -0.4 is 10.6 Å². The van der Waals surface area contributed by atoms with Crippen LogP contribution in [0.5, 0.6) is 0 Å². The van der Waals surface area contributed by atoms with Gasteiger partial charge in [-0.25, -0.2) is 4.79 Å². The Bertz CT molecular complexity index is 651. The molecule has 5 heteroatoms. The molecule has 0 radical (unpaired) electrons. The van der Waals surface area contributed by atoms with Gasteiger partial charge in [-0.05, 0) is 24.5 Å². The van der Waals surface area contributed by atoms with Crippen LogP contribution in [0.1, 0.15) is 36.9 Å². The lowest BCUT2D eigenvalue weighted by atomic mass is 9.93. The molecular weight excluding hydrogens is 278 g/mol. The number of nitrogens with one attached hydrogen (secondary N) is 2. The maximum absolute atomic E-state index is 12.7. The Balaban J connectivity index is 1.95. The molecule has 0 fully saturated rings. The quantitative estimate of drug-likeness (QED) is 0.895. The Morgan fingerprint density at radius 2 is 2.05 bits per heavy atom. The molecule has 3 rings (SSSR count). The Labute approximate surface area is 130 Å². The van der Waals surface area contributed by atoms with Gasteiger partial charge in [0.05, 0.1) is 23.9 Å². The van der Waals surface area contributed by atoms with Crippen molar-refractivity contribution in [2.45, 2.75) is 32.7 Å². The molecule has 1 aromatic rings. The number of hydrogen-bond acceptors (Lipinski definition) is 2. The molecule has 1 atom stereocenters. The number of amides is 3. The van der Waals surface area contributed by atoms with Crippen molar-refractivity contribution in [1.29, 1.82) is 0 Å². The van der Waals surface area contributed by atoms with Gasteiger partial charge < -0.3 is 15.5 Å². The number of aryl methyl sites for hydroxylation is 1. The van der Waals surface area contributed by atoms with Crippen LogP contribution in [0.2, 0.25) is 0 Å². The van der Waals surface area contributed by atoms with E-state index in [1.54, 1.807) is 0 Å². The average Bonchev–Trinajstić information content (AvgIpc) is 2.81. The number of urea groups is 1. The van der Waals surface area contributed by atoms with E-state index < -0.39 is 0 Å². The second-order valence-corrected chi connectivity index (χ2v) is 5.86. The Morgan fingerprint density at radius 3 is 2.77 bits per heavy atom.